The van der Waals surface area contributed by atoms with Gasteiger partial charge in [0, 0.05) is 29.8 Å². The van der Waals surface area contributed by atoms with Crippen molar-refractivity contribution < 1.29 is 4.79 Å². The van der Waals surface area contributed by atoms with Gasteiger partial charge in [-0.15, -0.1) is 0 Å². The molecule has 3 aliphatic rings. The van der Waals surface area contributed by atoms with Gasteiger partial charge in [0.05, 0.1) is 0 Å². The molecule has 1 N–H and O–H groups in total. The molecule has 0 bridgehead atoms. The summed E-state index contributed by atoms with van der Waals surface area (Å²) in [6, 6.07) is 8.82. The molecule has 0 unspecified atom stereocenters. The molecule has 25 heavy (non-hydrogen) atoms. The second-order valence-corrected chi connectivity index (χ2v) is 7.82. The molecule has 2 heterocycles. The maximum absolute atomic E-state index is 12.2. The van der Waals surface area contributed by atoms with Crippen LogP contribution < -0.4 is 5.32 Å². The number of hydrogen-bond donors (Lipinski definition) is 1. The first-order valence-corrected chi connectivity index (χ1v) is 9.36. The van der Waals surface area contributed by atoms with Crippen LogP contribution in [0.15, 0.2) is 63.9 Å². The number of rotatable bonds is 4. The van der Waals surface area contributed by atoms with Crippen LogP contribution in [0.3, 0.4) is 0 Å². The summed E-state index contributed by atoms with van der Waals surface area (Å²) in [6.07, 6.45) is 5.38. The van der Waals surface area contributed by atoms with E-state index in [0.717, 1.165) is 33.8 Å². The zero-order valence-corrected chi connectivity index (χ0v) is 15.3. The van der Waals surface area contributed by atoms with Gasteiger partial charge in [0.25, 0.3) is 5.91 Å². The van der Waals surface area contributed by atoms with Crippen molar-refractivity contribution in [2.75, 3.05) is 7.05 Å². The molecule has 0 radical (unpaired) electrons. The summed E-state index contributed by atoms with van der Waals surface area (Å²) in [5, 5.41) is 3.51. The highest BCUT2D eigenvalue weighted by atomic mass is 32.2. The Morgan fingerprint density at radius 2 is 2.24 bits per heavy atom. The van der Waals surface area contributed by atoms with Crippen molar-refractivity contribution in [2.24, 2.45) is 4.99 Å². The van der Waals surface area contributed by atoms with E-state index in [0.29, 0.717) is 5.70 Å². The first-order chi connectivity index (χ1) is 12.1. The third-order valence-corrected chi connectivity index (χ3v) is 5.64. The fraction of sp³-hybridized carbons (Fsp3) is 0.300. The highest BCUT2D eigenvalue weighted by Crippen LogP contribution is 2.41. The SMILES string of the molecule is C=C1C=C(Cc2cccc(C3CC3)c2)N=C2SC(C)=C(C(=O)NC)N12. The number of nitrogens with one attached hydrogen (secondary N) is 1. The Hall–Kier alpha value is -2.27. The molecule has 4 rings (SSSR count). The predicted octanol–water partition coefficient (Wildman–Crippen LogP) is 3.90. The number of carbonyl (C=O) groups excluding carboxylic acids is 1. The quantitative estimate of drug-likeness (QED) is 0.895. The molecule has 2 aliphatic heterocycles. The van der Waals surface area contributed by atoms with Crippen molar-refractivity contribution in [3.8, 4) is 0 Å². The van der Waals surface area contributed by atoms with Crippen LogP contribution in [0.4, 0.5) is 0 Å². The number of amides is 1. The maximum Gasteiger partial charge on any atom is 0.268 e. The minimum atomic E-state index is -0.106. The number of nitrogens with zero attached hydrogens (tertiary/aromatic N) is 2. The van der Waals surface area contributed by atoms with Crippen LogP contribution in [0.25, 0.3) is 0 Å². The Bertz CT molecular complexity index is 861. The zero-order valence-electron chi connectivity index (χ0n) is 14.5. The van der Waals surface area contributed by atoms with Gasteiger partial charge in [-0.05, 0) is 42.9 Å². The van der Waals surface area contributed by atoms with Crippen molar-refractivity contribution in [1.29, 1.82) is 0 Å². The molecule has 0 saturated heterocycles. The van der Waals surface area contributed by atoms with Crippen LogP contribution in [0.1, 0.15) is 36.8 Å². The summed E-state index contributed by atoms with van der Waals surface area (Å²) in [5.74, 6) is 0.648. The molecule has 1 saturated carbocycles. The van der Waals surface area contributed by atoms with Crippen LogP contribution in [0.5, 0.6) is 0 Å². The molecule has 0 atom stereocenters. The van der Waals surface area contributed by atoms with E-state index < -0.39 is 0 Å². The number of carbonyl (C=O) groups is 1. The zero-order chi connectivity index (χ0) is 17.6. The van der Waals surface area contributed by atoms with Gasteiger partial charge in [0.1, 0.15) is 5.70 Å². The number of thioether (sulfide) groups is 1. The molecule has 5 heteroatoms. The van der Waals surface area contributed by atoms with Gasteiger partial charge < -0.3 is 5.32 Å². The lowest BCUT2D eigenvalue weighted by molar-refractivity contribution is -0.117. The fourth-order valence-electron chi connectivity index (χ4n) is 3.29. The van der Waals surface area contributed by atoms with Crippen LogP contribution in [0.2, 0.25) is 0 Å². The van der Waals surface area contributed by atoms with Crippen LogP contribution in [-0.2, 0) is 11.2 Å². The van der Waals surface area contributed by atoms with Gasteiger partial charge in [0.15, 0.2) is 5.17 Å². The van der Waals surface area contributed by atoms with E-state index in [4.69, 9.17) is 4.99 Å². The number of amidine groups is 1. The first kappa shape index (κ1) is 16.2. The average molecular weight is 351 g/mol. The Labute approximate surface area is 152 Å². The summed E-state index contributed by atoms with van der Waals surface area (Å²) < 4.78 is 0. The average Bonchev–Trinajstić information content (AvgIpc) is 3.37. The monoisotopic (exact) mass is 351 g/mol. The minimum absolute atomic E-state index is 0.106. The summed E-state index contributed by atoms with van der Waals surface area (Å²) >= 11 is 1.53. The molecular weight excluding hydrogens is 330 g/mol. The molecule has 128 valence electrons. The van der Waals surface area contributed by atoms with Gasteiger partial charge in [-0.3, -0.25) is 9.69 Å². The predicted molar refractivity (Wildman–Crippen MR) is 103 cm³/mol. The Morgan fingerprint density at radius 3 is 2.96 bits per heavy atom. The summed E-state index contributed by atoms with van der Waals surface area (Å²) in [4.78, 5) is 19.7. The highest BCUT2D eigenvalue weighted by molar-refractivity contribution is 8.17. The van der Waals surface area contributed by atoms with E-state index in [1.165, 1.54) is 35.7 Å². The molecule has 1 amide bonds. The van der Waals surface area contributed by atoms with Crippen molar-refractivity contribution in [3.63, 3.8) is 0 Å². The number of hydrogen-bond acceptors (Lipinski definition) is 4. The molecular formula is C20H21N3OS. The summed E-state index contributed by atoms with van der Waals surface area (Å²) in [5.41, 5.74) is 5.13. The van der Waals surface area contributed by atoms with Gasteiger partial charge >= 0.3 is 0 Å². The number of aliphatic imine (C=N–C) groups is 1. The Morgan fingerprint density at radius 1 is 1.44 bits per heavy atom. The normalized spacial score (nSPS) is 19.6. The Kier molecular flexibility index (Phi) is 4.04. The molecule has 4 nitrogen and oxygen atoms in total. The second kappa shape index (κ2) is 6.23. The molecule has 1 aromatic rings. The van der Waals surface area contributed by atoms with E-state index in [9.17, 15) is 4.79 Å². The van der Waals surface area contributed by atoms with E-state index in [2.05, 4.69) is 36.2 Å². The van der Waals surface area contributed by atoms with Crippen molar-refractivity contribution in [2.45, 2.75) is 32.1 Å². The number of benzene rings is 1. The van der Waals surface area contributed by atoms with Gasteiger partial charge in [0.2, 0.25) is 0 Å². The molecule has 1 aromatic carbocycles. The van der Waals surface area contributed by atoms with Crippen LogP contribution in [0, 0.1) is 0 Å². The number of fused-ring (bicyclic) bond motifs is 1. The van der Waals surface area contributed by atoms with Crippen molar-refractivity contribution >= 4 is 22.8 Å². The van der Waals surface area contributed by atoms with Gasteiger partial charge in [-0.1, -0.05) is 42.6 Å². The van der Waals surface area contributed by atoms with E-state index in [1.807, 2.05) is 17.9 Å². The lowest BCUT2D eigenvalue weighted by Crippen LogP contribution is -2.33. The maximum atomic E-state index is 12.2. The summed E-state index contributed by atoms with van der Waals surface area (Å²) in [6.45, 7) is 6.09. The van der Waals surface area contributed by atoms with E-state index >= 15 is 0 Å². The molecule has 0 spiro atoms. The fourth-order valence-corrected chi connectivity index (χ4v) is 4.31. The third-order valence-electron chi connectivity index (χ3n) is 4.68. The van der Waals surface area contributed by atoms with E-state index in [1.54, 1.807) is 7.05 Å². The smallest absolute Gasteiger partial charge is 0.268 e. The topological polar surface area (TPSA) is 44.7 Å². The van der Waals surface area contributed by atoms with Crippen molar-refractivity contribution in [3.05, 3.63) is 70.0 Å². The van der Waals surface area contributed by atoms with Crippen molar-refractivity contribution in [1.82, 2.24) is 10.2 Å². The number of allylic oxidation sites excluding steroid dienone is 3. The summed E-state index contributed by atoms with van der Waals surface area (Å²) in [7, 11) is 1.64. The number of likely N-dealkylation sites (N-methyl/N-ethyl adjacent to an activating group) is 1. The molecule has 1 fully saturated rings. The van der Waals surface area contributed by atoms with Crippen LogP contribution >= 0.6 is 11.8 Å². The Balaban J connectivity index is 1.57. The van der Waals surface area contributed by atoms with Gasteiger partial charge in [-0.2, -0.15) is 0 Å². The third kappa shape index (κ3) is 3.04. The first-order valence-electron chi connectivity index (χ1n) is 8.54. The molecule has 0 aromatic heterocycles. The van der Waals surface area contributed by atoms with Gasteiger partial charge in [-0.25, -0.2) is 4.99 Å². The lowest BCUT2D eigenvalue weighted by Gasteiger charge is -2.25. The van der Waals surface area contributed by atoms with E-state index in [-0.39, 0.29) is 5.91 Å². The minimum Gasteiger partial charge on any atom is -0.354 e. The van der Waals surface area contributed by atoms with Crippen LogP contribution in [-0.4, -0.2) is 23.0 Å². The highest BCUT2D eigenvalue weighted by Gasteiger charge is 2.35. The second-order valence-electron chi connectivity index (χ2n) is 6.64. The standard InChI is InChI=1S/C20H21N3OS/c1-12-9-17(11-14-5-4-6-16(10-14)15-7-8-15)22-20-23(12)18(13(2)25-20)19(24)21-3/h4-6,9-10,15H,1,7-8,11H2,2-3H3,(H,21,24). The largest absolute Gasteiger partial charge is 0.354 e. The lowest BCUT2D eigenvalue weighted by atomic mass is 10.0. The molecule has 1 aliphatic carbocycles.